The van der Waals surface area contributed by atoms with Crippen LogP contribution in [0.1, 0.15) is 0 Å². The van der Waals surface area contributed by atoms with Crippen LogP contribution in [0.2, 0.25) is 0 Å². The fraction of sp³-hybridized carbons (Fsp3) is 0.0854. The van der Waals surface area contributed by atoms with Gasteiger partial charge in [0.05, 0.1) is 77.4 Å². The number of ether oxygens (including phenoxy) is 12. The average molecular weight is 1450 g/mol. The molecule has 542 valence electrons. The molecular weight excluding hydrogens is 1370 g/mol. The van der Waals surface area contributed by atoms with Gasteiger partial charge in [0.2, 0.25) is 0 Å². The SMILES string of the molecule is COc1cc2nccc(Oc3ccc(N)cc3)c2cc1OC.COc1cc2nccc(Oc3ccc(N)cc3F)c2cc1OC.COc1ccc2c(Oc3ccc(N)cc3)ccnc2c1.COc1ccc2c(Oc3ccc(N)cc3F)ccnc2c1.COc1ccc2nccc(Oc3ccc(N)cc3F)c2c1. The lowest BCUT2D eigenvalue weighted by molar-refractivity contribution is 0.355. The first kappa shape index (κ1) is 73.8. The number of fused-ring (bicyclic) bond motifs is 5. The van der Waals surface area contributed by atoms with Crippen molar-refractivity contribution >= 4 is 83.0 Å². The van der Waals surface area contributed by atoms with Crippen molar-refractivity contribution in [3.8, 4) is 97.7 Å². The molecule has 0 aliphatic heterocycles. The third-order valence-corrected chi connectivity index (χ3v) is 15.9. The lowest BCUT2D eigenvalue weighted by atomic mass is 10.2. The zero-order valence-electron chi connectivity index (χ0n) is 58.7. The highest BCUT2D eigenvalue weighted by molar-refractivity contribution is 5.91. The Labute approximate surface area is 612 Å². The first-order chi connectivity index (χ1) is 51.9. The molecule has 0 radical (unpaired) electrons. The maximum absolute atomic E-state index is 13.9. The molecule has 10 N–H and O–H groups in total. The fourth-order valence-electron chi connectivity index (χ4n) is 10.5. The molecule has 5 aromatic heterocycles. The standard InChI is InChI=1S/C17H15FN2O3.C17H16N2O3.2C16H13FN2O2.C16H14N2O2/c1-21-16-8-11-13(9-17(16)22-2)20-6-5-14(11)23-15-4-3-10(19)7-12(15)18;1-20-16-9-13-14(10-17(16)21-2)19-8-7-15(13)22-12-5-3-11(18)4-6-12;1-20-11-3-4-14-12(9-11)15(6-7-19-14)21-16-5-2-10(18)8-13(16)17;1-20-11-3-4-12-14(9-11)19-7-6-15(12)21-16-5-2-10(18)8-13(16)17;1-19-13-6-7-14-15(10-13)18-9-8-16(14)20-12-4-2-11(17)3-5-12/h3-9H,19H2,1-2H3;3-10H,18H2,1-2H3;2*2-9H,18H2,1H3;2-10H,17H2,1H3. The van der Waals surface area contributed by atoms with E-state index in [9.17, 15) is 13.2 Å². The number of pyridine rings is 5. The number of hydrogen-bond donors (Lipinski definition) is 5. The number of aromatic nitrogens is 5. The molecule has 0 amide bonds. The van der Waals surface area contributed by atoms with E-state index in [1.165, 1.54) is 36.4 Å². The third-order valence-electron chi connectivity index (χ3n) is 15.9. The summed E-state index contributed by atoms with van der Waals surface area (Å²) in [6.07, 6.45) is 8.21. The molecule has 0 fully saturated rings. The van der Waals surface area contributed by atoms with Crippen molar-refractivity contribution in [2.24, 2.45) is 0 Å². The molecular formula is C82H71F3N10O12. The van der Waals surface area contributed by atoms with Gasteiger partial charge in [-0.15, -0.1) is 0 Å². The van der Waals surface area contributed by atoms with Crippen molar-refractivity contribution in [3.05, 3.63) is 261 Å². The van der Waals surface area contributed by atoms with E-state index in [-0.39, 0.29) is 17.2 Å². The second-order valence-corrected chi connectivity index (χ2v) is 22.9. The highest BCUT2D eigenvalue weighted by Gasteiger charge is 2.17. The van der Waals surface area contributed by atoms with Crippen LogP contribution in [-0.4, -0.2) is 74.7 Å². The minimum atomic E-state index is -0.532. The van der Waals surface area contributed by atoms with Gasteiger partial charge in [0.1, 0.15) is 57.5 Å². The van der Waals surface area contributed by atoms with Crippen LogP contribution in [-0.2, 0) is 0 Å². The molecule has 0 saturated carbocycles. The Kier molecular flexibility index (Phi) is 23.8. The van der Waals surface area contributed by atoms with E-state index in [4.69, 9.17) is 85.5 Å². The summed E-state index contributed by atoms with van der Waals surface area (Å²) in [5, 5.41) is 3.98. The number of methoxy groups -OCH3 is 7. The van der Waals surface area contributed by atoms with Crippen LogP contribution in [0.4, 0.5) is 41.6 Å². The average Bonchev–Trinajstić information content (AvgIpc) is 0.826. The predicted molar refractivity (Wildman–Crippen MR) is 409 cm³/mol. The second-order valence-electron chi connectivity index (χ2n) is 22.9. The summed E-state index contributed by atoms with van der Waals surface area (Å²) < 4.78 is 107. The molecule has 0 bridgehead atoms. The number of halogens is 3. The van der Waals surface area contributed by atoms with Gasteiger partial charge in [0.15, 0.2) is 57.7 Å². The molecule has 5 heterocycles. The lowest BCUT2D eigenvalue weighted by Crippen LogP contribution is -1.95. The van der Waals surface area contributed by atoms with E-state index in [2.05, 4.69) is 24.9 Å². The number of hydrogen-bond acceptors (Lipinski definition) is 22. The van der Waals surface area contributed by atoms with Gasteiger partial charge < -0.3 is 85.5 Å². The molecule has 107 heavy (non-hydrogen) atoms. The van der Waals surface area contributed by atoms with Crippen LogP contribution in [0.15, 0.2) is 243 Å². The van der Waals surface area contributed by atoms with E-state index in [0.717, 1.165) is 55.3 Å². The number of nitrogens with two attached hydrogens (primary N) is 5. The number of nitrogens with zero attached hydrogens (tertiary/aromatic N) is 5. The van der Waals surface area contributed by atoms with Crippen molar-refractivity contribution in [2.45, 2.75) is 0 Å². The van der Waals surface area contributed by atoms with Crippen LogP contribution in [0, 0.1) is 17.5 Å². The zero-order chi connectivity index (χ0) is 75.5. The minimum Gasteiger partial charge on any atom is -0.497 e. The smallest absolute Gasteiger partial charge is 0.167 e. The number of anilines is 5. The quantitative estimate of drug-likeness (QED) is 0.0529. The van der Waals surface area contributed by atoms with Crippen LogP contribution in [0.25, 0.3) is 54.5 Å². The van der Waals surface area contributed by atoms with Crippen LogP contribution >= 0.6 is 0 Å². The maximum atomic E-state index is 13.9. The monoisotopic (exact) mass is 1440 g/mol. The molecule has 15 rings (SSSR count). The zero-order valence-corrected chi connectivity index (χ0v) is 58.7. The van der Waals surface area contributed by atoms with E-state index < -0.39 is 17.5 Å². The van der Waals surface area contributed by atoms with Gasteiger partial charge >= 0.3 is 0 Å². The van der Waals surface area contributed by atoms with Crippen molar-refractivity contribution in [2.75, 3.05) is 78.4 Å². The van der Waals surface area contributed by atoms with E-state index in [1.807, 2.05) is 97.1 Å². The molecule has 0 unspecified atom stereocenters. The van der Waals surface area contributed by atoms with Gasteiger partial charge in [0, 0.05) is 129 Å². The van der Waals surface area contributed by atoms with Crippen LogP contribution < -0.4 is 85.5 Å². The summed E-state index contributed by atoms with van der Waals surface area (Å²) >= 11 is 0. The Bertz CT molecular complexity index is 5620. The predicted octanol–water partition coefficient (Wildman–Crippen LogP) is 18.5. The van der Waals surface area contributed by atoms with Gasteiger partial charge in [-0.1, -0.05) is 0 Å². The number of nitrogen functional groups attached to an aromatic ring is 5. The Morgan fingerprint density at radius 1 is 0.206 bits per heavy atom. The minimum absolute atomic E-state index is 0.0847. The largest absolute Gasteiger partial charge is 0.497 e. The third kappa shape index (κ3) is 18.5. The number of benzene rings is 10. The molecule has 0 aliphatic rings. The molecule has 15 aromatic rings. The Morgan fingerprint density at radius 2 is 0.477 bits per heavy atom. The van der Waals surface area contributed by atoms with Gasteiger partial charge in [-0.25, -0.2) is 13.2 Å². The van der Waals surface area contributed by atoms with Gasteiger partial charge in [0.25, 0.3) is 0 Å². The first-order valence-electron chi connectivity index (χ1n) is 32.5. The second kappa shape index (κ2) is 34.5. The van der Waals surface area contributed by atoms with E-state index >= 15 is 0 Å². The van der Waals surface area contributed by atoms with Gasteiger partial charge in [-0.3, -0.25) is 24.9 Å². The Morgan fingerprint density at radius 3 is 0.822 bits per heavy atom. The maximum Gasteiger partial charge on any atom is 0.167 e. The Balaban J connectivity index is 0.000000133. The highest BCUT2D eigenvalue weighted by atomic mass is 19.1. The fourth-order valence-corrected chi connectivity index (χ4v) is 10.5. The van der Waals surface area contributed by atoms with Crippen molar-refractivity contribution in [1.82, 2.24) is 24.9 Å². The molecule has 0 spiro atoms. The summed E-state index contributed by atoms with van der Waals surface area (Å²) in [7, 11) is 11.1. The molecule has 10 aromatic carbocycles. The summed E-state index contributed by atoms with van der Waals surface area (Å²) in [4.78, 5) is 21.4. The summed E-state index contributed by atoms with van der Waals surface area (Å²) in [5.41, 5.74) is 34.1. The summed E-state index contributed by atoms with van der Waals surface area (Å²) in [6.45, 7) is 0. The molecule has 0 aliphatic carbocycles. The van der Waals surface area contributed by atoms with Crippen LogP contribution in [0.5, 0.6) is 97.7 Å². The summed E-state index contributed by atoms with van der Waals surface area (Å²) in [6, 6.07) is 59.8. The molecule has 0 saturated heterocycles. The summed E-state index contributed by atoms with van der Waals surface area (Å²) in [5.74, 6) is 7.64. The van der Waals surface area contributed by atoms with Gasteiger partial charge in [-0.05, 0) is 170 Å². The van der Waals surface area contributed by atoms with Crippen LogP contribution in [0.3, 0.4) is 0 Å². The van der Waals surface area contributed by atoms with E-state index in [0.29, 0.717) is 108 Å². The molecule has 0 atom stereocenters. The lowest BCUT2D eigenvalue weighted by Gasteiger charge is -2.12. The van der Waals surface area contributed by atoms with Crippen molar-refractivity contribution in [3.63, 3.8) is 0 Å². The Hall–Kier alpha value is -14.4. The number of rotatable bonds is 17. The molecule has 25 heteroatoms. The van der Waals surface area contributed by atoms with E-state index in [1.54, 1.807) is 160 Å². The normalized spacial score (nSPS) is 10.5. The topological polar surface area (TPSA) is 305 Å². The van der Waals surface area contributed by atoms with Crippen molar-refractivity contribution in [1.29, 1.82) is 0 Å². The van der Waals surface area contributed by atoms with Crippen molar-refractivity contribution < 1.29 is 70.0 Å². The van der Waals surface area contributed by atoms with Gasteiger partial charge in [-0.2, -0.15) is 0 Å². The first-order valence-corrected chi connectivity index (χ1v) is 32.5. The molecule has 22 nitrogen and oxygen atoms in total. The highest BCUT2D eigenvalue weighted by Crippen LogP contribution is 2.41.